The van der Waals surface area contributed by atoms with Gasteiger partial charge in [0.2, 0.25) is 8.32 Å². The lowest BCUT2D eigenvalue weighted by molar-refractivity contribution is -0.120. The number of aliphatic hydroxyl groups excluding tert-OH is 1. The van der Waals surface area contributed by atoms with Gasteiger partial charge in [0.1, 0.15) is 18.5 Å². The molecule has 0 aromatic heterocycles. The van der Waals surface area contributed by atoms with Crippen LogP contribution in [0.1, 0.15) is 83.1 Å². The highest BCUT2D eigenvalue weighted by molar-refractivity contribution is 6.78. The van der Waals surface area contributed by atoms with E-state index in [4.69, 9.17) is 8.85 Å². The van der Waals surface area contributed by atoms with Gasteiger partial charge in [0.25, 0.3) is 0 Å². The van der Waals surface area contributed by atoms with E-state index in [0.29, 0.717) is 33.2 Å². The Balaban J connectivity index is 5.59. The molecule has 0 spiro atoms. The Morgan fingerprint density at radius 3 is 1.25 bits per heavy atom. The van der Waals surface area contributed by atoms with Crippen molar-refractivity contribution in [2.75, 3.05) is 6.61 Å². The summed E-state index contributed by atoms with van der Waals surface area (Å²) >= 11 is 0. The highest BCUT2D eigenvalue weighted by Crippen LogP contribution is 2.44. The quantitative estimate of drug-likeness (QED) is 0.274. The minimum atomic E-state index is -2.25. The molecule has 0 heterocycles. The van der Waals surface area contributed by atoms with E-state index in [1.807, 2.05) is 0 Å². The maximum Gasteiger partial charge on any atom is 0.201 e. The van der Waals surface area contributed by atoms with Crippen LogP contribution < -0.4 is 0 Å². The molecule has 0 saturated carbocycles. The summed E-state index contributed by atoms with van der Waals surface area (Å²) in [5.41, 5.74) is 2.39. The first-order valence-electron chi connectivity index (χ1n) is 11.2. The van der Waals surface area contributed by atoms with Crippen LogP contribution in [0.4, 0.5) is 0 Å². The van der Waals surface area contributed by atoms with Crippen LogP contribution >= 0.6 is 0 Å². The van der Waals surface area contributed by atoms with Crippen molar-refractivity contribution in [3.63, 3.8) is 0 Å². The fourth-order valence-electron chi connectivity index (χ4n) is 5.67. The molecule has 1 N–H and O–H groups in total. The van der Waals surface area contributed by atoms with Gasteiger partial charge < -0.3 is 18.8 Å². The monoisotopic (exact) mass is 432 g/mol. The van der Waals surface area contributed by atoms with Crippen LogP contribution in [0.2, 0.25) is 33.2 Å². The maximum atomic E-state index is 11.9. The second-order valence-electron chi connectivity index (χ2n) is 10.2. The van der Waals surface area contributed by atoms with Gasteiger partial charge in [0.05, 0.1) is 6.61 Å². The Kier molecular flexibility index (Phi) is 11.4. The Morgan fingerprint density at radius 1 is 0.679 bits per heavy atom. The van der Waals surface area contributed by atoms with Crippen molar-refractivity contribution in [3.8, 4) is 0 Å². The molecule has 0 rings (SSSR count). The molecule has 0 saturated heterocycles. The fraction of sp³-hybridized carbons (Fsp3) is 0.955. The zero-order valence-electron chi connectivity index (χ0n) is 20.6. The third-order valence-electron chi connectivity index (χ3n) is 6.77. The maximum absolute atomic E-state index is 11.9. The van der Waals surface area contributed by atoms with Crippen LogP contribution in [0.5, 0.6) is 0 Å². The summed E-state index contributed by atoms with van der Waals surface area (Å²) in [4.78, 5) is 11.9. The number of rotatable bonds is 13. The number of aliphatic hydroxyl groups is 1. The second-order valence-corrected chi connectivity index (χ2v) is 21.1. The van der Waals surface area contributed by atoms with Crippen molar-refractivity contribution in [1.82, 2.24) is 0 Å². The van der Waals surface area contributed by atoms with E-state index < -0.39 is 28.8 Å². The van der Waals surface area contributed by atoms with Crippen molar-refractivity contribution in [3.05, 3.63) is 0 Å². The minimum Gasteiger partial charge on any atom is -0.413 e. The standard InChI is InChI=1S/C22H48O4Si2/c1-15(2)27(16(3)4,17(5)6)25-14-21(24)22(13-23)26-28(18(7)8,19(9)10)20(11)12/h13,15-22,24H,14H2,1-12H3/t21-,22-/m0/s1. The third-order valence-corrected chi connectivity index (χ3v) is 18.9. The van der Waals surface area contributed by atoms with Crippen molar-refractivity contribution >= 4 is 22.9 Å². The predicted molar refractivity (Wildman–Crippen MR) is 125 cm³/mol. The summed E-state index contributed by atoms with van der Waals surface area (Å²) in [6.45, 7) is 26.6. The second kappa shape index (κ2) is 11.4. The lowest BCUT2D eigenvalue weighted by Gasteiger charge is -2.45. The molecule has 0 aromatic rings. The molecule has 28 heavy (non-hydrogen) atoms. The molecule has 2 atom stereocenters. The molecule has 168 valence electrons. The van der Waals surface area contributed by atoms with Gasteiger partial charge in [-0.25, -0.2) is 0 Å². The first-order valence-corrected chi connectivity index (χ1v) is 15.4. The number of carbonyl (C=O) groups excluding carboxylic acids is 1. The zero-order valence-corrected chi connectivity index (χ0v) is 22.6. The van der Waals surface area contributed by atoms with Gasteiger partial charge in [-0.2, -0.15) is 0 Å². The minimum absolute atomic E-state index is 0.170. The van der Waals surface area contributed by atoms with E-state index in [0.717, 1.165) is 6.29 Å². The van der Waals surface area contributed by atoms with E-state index >= 15 is 0 Å². The molecule has 0 aliphatic carbocycles. The van der Waals surface area contributed by atoms with Gasteiger partial charge in [-0.15, -0.1) is 0 Å². The molecule has 0 aliphatic rings. The summed E-state index contributed by atoms with van der Waals surface area (Å²) in [5, 5.41) is 10.9. The first kappa shape index (κ1) is 28.0. The van der Waals surface area contributed by atoms with Crippen LogP contribution in [-0.4, -0.2) is 46.8 Å². The average Bonchev–Trinajstić information content (AvgIpc) is 2.54. The van der Waals surface area contributed by atoms with Gasteiger partial charge in [-0.05, 0) is 33.2 Å². The van der Waals surface area contributed by atoms with Crippen LogP contribution in [-0.2, 0) is 13.6 Å². The highest BCUT2D eigenvalue weighted by Gasteiger charge is 2.49. The van der Waals surface area contributed by atoms with Crippen molar-refractivity contribution in [1.29, 1.82) is 0 Å². The van der Waals surface area contributed by atoms with Crippen molar-refractivity contribution in [2.45, 2.75) is 129 Å². The Bertz CT molecular complexity index is 418. The smallest absolute Gasteiger partial charge is 0.201 e. The van der Waals surface area contributed by atoms with Crippen LogP contribution in [0.3, 0.4) is 0 Å². The summed E-state index contributed by atoms with van der Waals surface area (Å²) in [5.74, 6) is 0. The summed E-state index contributed by atoms with van der Waals surface area (Å²) < 4.78 is 13.1. The highest BCUT2D eigenvalue weighted by atomic mass is 28.4. The largest absolute Gasteiger partial charge is 0.413 e. The molecule has 0 radical (unpaired) electrons. The number of aldehydes is 1. The van der Waals surface area contributed by atoms with Crippen LogP contribution in [0, 0.1) is 0 Å². The first-order chi connectivity index (χ1) is 12.7. The normalized spacial score (nSPS) is 16.1. The molecule has 0 aliphatic heterocycles. The summed E-state index contributed by atoms with van der Waals surface area (Å²) in [7, 11) is -4.34. The molecule has 0 aromatic carbocycles. The molecular weight excluding hydrogens is 384 g/mol. The number of hydrogen-bond acceptors (Lipinski definition) is 4. The number of carbonyl (C=O) groups is 1. The molecule has 0 fully saturated rings. The van der Waals surface area contributed by atoms with E-state index in [9.17, 15) is 9.90 Å². The third kappa shape index (κ3) is 5.78. The Labute approximate surface area is 177 Å². The SMILES string of the molecule is CC(C)[Si](OC[C@H](O)[C@H](C=O)O[Si](C(C)C)(C(C)C)C(C)C)(C(C)C)C(C)C. The average molecular weight is 433 g/mol. The van der Waals surface area contributed by atoms with Gasteiger partial charge in [0, 0.05) is 0 Å². The summed E-state index contributed by atoms with van der Waals surface area (Å²) in [6.07, 6.45) is -0.965. The van der Waals surface area contributed by atoms with Crippen LogP contribution in [0.25, 0.3) is 0 Å². The van der Waals surface area contributed by atoms with Gasteiger partial charge in [-0.1, -0.05) is 83.1 Å². The molecular formula is C22H48O4Si2. The predicted octanol–water partition coefficient (Wildman–Crippen LogP) is 6.30. The molecule has 0 amide bonds. The van der Waals surface area contributed by atoms with E-state index in [2.05, 4.69) is 83.1 Å². The lowest BCUT2D eigenvalue weighted by Crippen LogP contribution is -2.55. The van der Waals surface area contributed by atoms with Crippen molar-refractivity contribution < 1.29 is 18.8 Å². The Hall–Kier alpha value is -0.0162. The molecule has 0 unspecified atom stereocenters. The molecule has 6 heteroatoms. The topological polar surface area (TPSA) is 55.8 Å². The van der Waals surface area contributed by atoms with E-state index in [1.165, 1.54) is 0 Å². The van der Waals surface area contributed by atoms with Crippen LogP contribution in [0.15, 0.2) is 0 Å². The fourth-order valence-corrected chi connectivity index (χ4v) is 16.6. The van der Waals surface area contributed by atoms with Crippen molar-refractivity contribution in [2.24, 2.45) is 0 Å². The lowest BCUT2D eigenvalue weighted by atomic mass is 10.2. The van der Waals surface area contributed by atoms with E-state index in [-0.39, 0.29) is 6.61 Å². The number of hydrogen-bond donors (Lipinski definition) is 1. The zero-order chi connectivity index (χ0) is 22.4. The molecule has 0 bridgehead atoms. The van der Waals surface area contributed by atoms with Gasteiger partial charge in [0.15, 0.2) is 8.32 Å². The van der Waals surface area contributed by atoms with Gasteiger partial charge in [-0.3, -0.25) is 0 Å². The van der Waals surface area contributed by atoms with E-state index in [1.54, 1.807) is 0 Å². The Morgan fingerprint density at radius 2 is 1.00 bits per heavy atom. The molecule has 4 nitrogen and oxygen atoms in total. The van der Waals surface area contributed by atoms with Gasteiger partial charge >= 0.3 is 0 Å². The summed E-state index contributed by atoms with van der Waals surface area (Å²) in [6, 6.07) is 0.